The largest absolute Gasteiger partial charge is 0.348 e. The average molecular weight is 280 g/mol. The van der Waals surface area contributed by atoms with Crippen LogP contribution in [-0.4, -0.2) is 28.7 Å². The van der Waals surface area contributed by atoms with E-state index in [1.807, 2.05) is 20.8 Å². The summed E-state index contributed by atoms with van der Waals surface area (Å²) in [5.41, 5.74) is 5.42. The van der Waals surface area contributed by atoms with Gasteiger partial charge in [0.2, 0.25) is 0 Å². The quantitative estimate of drug-likeness (QED) is 0.865. The van der Waals surface area contributed by atoms with E-state index in [4.69, 9.17) is 5.73 Å². The van der Waals surface area contributed by atoms with E-state index < -0.39 is 0 Å². The molecule has 0 saturated heterocycles. The molecule has 5 heteroatoms. The van der Waals surface area contributed by atoms with Crippen molar-refractivity contribution in [2.24, 2.45) is 5.73 Å². The van der Waals surface area contributed by atoms with Gasteiger partial charge in [0.15, 0.2) is 5.82 Å². The van der Waals surface area contributed by atoms with Gasteiger partial charge >= 0.3 is 0 Å². The molecule has 0 bridgehead atoms. The highest BCUT2D eigenvalue weighted by atomic mass is 16.1. The normalized spacial score (nSPS) is 11.9. The molecule has 2 N–H and O–H groups in total. The van der Waals surface area contributed by atoms with E-state index in [9.17, 15) is 4.79 Å². The second-order valence-electron chi connectivity index (χ2n) is 6.05. The molecule has 1 rings (SSSR count). The van der Waals surface area contributed by atoms with Gasteiger partial charge in [0, 0.05) is 37.1 Å². The lowest BCUT2D eigenvalue weighted by atomic mass is 10.1. The second-order valence-corrected chi connectivity index (χ2v) is 6.05. The summed E-state index contributed by atoms with van der Waals surface area (Å²) in [4.78, 5) is 19.1. The van der Waals surface area contributed by atoms with Gasteiger partial charge in [0.25, 0.3) is 5.56 Å². The van der Waals surface area contributed by atoms with E-state index in [0.717, 1.165) is 12.8 Å². The maximum atomic E-state index is 12.7. The molecule has 0 fully saturated rings. The Balaban J connectivity index is 3.31. The SMILES string of the molecule is CCC(CC)N(CCN)c1nccn(C(C)(C)C)c1=O. The van der Waals surface area contributed by atoms with Crippen molar-refractivity contribution in [3.05, 3.63) is 22.7 Å². The van der Waals surface area contributed by atoms with Crippen LogP contribution in [0, 0.1) is 0 Å². The standard InChI is InChI=1S/C15H28N4O/c1-6-12(7-2)18(10-8-16)13-14(20)19(11-9-17-13)15(3,4)5/h9,11-12H,6-8,10,16H2,1-5H3. The van der Waals surface area contributed by atoms with E-state index >= 15 is 0 Å². The number of hydrogen-bond donors (Lipinski definition) is 1. The van der Waals surface area contributed by atoms with Gasteiger partial charge in [-0.25, -0.2) is 4.98 Å². The first-order chi connectivity index (χ1) is 9.36. The summed E-state index contributed by atoms with van der Waals surface area (Å²) in [5.74, 6) is 0.515. The summed E-state index contributed by atoms with van der Waals surface area (Å²) in [6.07, 6.45) is 5.40. The van der Waals surface area contributed by atoms with Crippen LogP contribution in [0.15, 0.2) is 17.2 Å². The zero-order chi connectivity index (χ0) is 15.3. The van der Waals surface area contributed by atoms with Crippen LogP contribution < -0.4 is 16.2 Å². The molecular formula is C15H28N4O. The van der Waals surface area contributed by atoms with Crippen molar-refractivity contribution in [1.82, 2.24) is 9.55 Å². The third-order valence-corrected chi connectivity index (χ3v) is 3.57. The Kier molecular flexibility index (Phi) is 5.74. The first-order valence-corrected chi connectivity index (χ1v) is 7.41. The van der Waals surface area contributed by atoms with Gasteiger partial charge in [-0.1, -0.05) is 13.8 Å². The van der Waals surface area contributed by atoms with Gasteiger partial charge in [-0.15, -0.1) is 0 Å². The number of nitrogens with zero attached hydrogens (tertiary/aromatic N) is 3. The highest BCUT2D eigenvalue weighted by Crippen LogP contribution is 2.16. The highest BCUT2D eigenvalue weighted by molar-refractivity contribution is 5.37. The zero-order valence-electron chi connectivity index (χ0n) is 13.4. The Hall–Kier alpha value is -1.36. The Morgan fingerprint density at radius 1 is 1.35 bits per heavy atom. The van der Waals surface area contributed by atoms with Crippen LogP contribution in [0.2, 0.25) is 0 Å². The second kappa shape index (κ2) is 6.88. The van der Waals surface area contributed by atoms with Crippen LogP contribution in [0.4, 0.5) is 5.82 Å². The molecular weight excluding hydrogens is 252 g/mol. The van der Waals surface area contributed by atoms with Crippen LogP contribution in [-0.2, 0) is 5.54 Å². The van der Waals surface area contributed by atoms with Crippen LogP contribution >= 0.6 is 0 Å². The molecule has 0 aliphatic carbocycles. The summed E-state index contributed by atoms with van der Waals surface area (Å²) in [5, 5.41) is 0. The molecule has 0 saturated carbocycles. The van der Waals surface area contributed by atoms with Crippen molar-refractivity contribution in [3.63, 3.8) is 0 Å². The molecule has 0 unspecified atom stereocenters. The van der Waals surface area contributed by atoms with E-state index in [1.165, 1.54) is 0 Å². The lowest BCUT2D eigenvalue weighted by molar-refractivity contribution is 0.381. The summed E-state index contributed by atoms with van der Waals surface area (Å²) in [7, 11) is 0. The fourth-order valence-electron chi connectivity index (χ4n) is 2.46. The van der Waals surface area contributed by atoms with Crippen molar-refractivity contribution in [2.75, 3.05) is 18.0 Å². The third kappa shape index (κ3) is 3.60. The Labute approximate surface area is 121 Å². The topological polar surface area (TPSA) is 64.2 Å². The minimum absolute atomic E-state index is 0.0413. The van der Waals surface area contributed by atoms with Gasteiger partial charge in [-0.3, -0.25) is 4.79 Å². The molecule has 0 spiro atoms. The zero-order valence-corrected chi connectivity index (χ0v) is 13.4. The third-order valence-electron chi connectivity index (χ3n) is 3.57. The molecule has 0 radical (unpaired) electrons. The summed E-state index contributed by atoms with van der Waals surface area (Å²) in [6, 6.07) is 0.301. The molecule has 0 atom stereocenters. The predicted molar refractivity (Wildman–Crippen MR) is 84.3 cm³/mol. The predicted octanol–water partition coefficient (Wildman–Crippen LogP) is 1.95. The molecule has 20 heavy (non-hydrogen) atoms. The number of hydrogen-bond acceptors (Lipinski definition) is 4. The minimum Gasteiger partial charge on any atom is -0.348 e. The highest BCUT2D eigenvalue weighted by Gasteiger charge is 2.23. The molecule has 5 nitrogen and oxygen atoms in total. The monoisotopic (exact) mass is 280 g/mol. The van der Waals surface area contributed by atoms with Crippen molar-refractivity contribution in [3.8, 4) is 0 Å². The van der Waals surface area contributed by atoms with E-state index in [1.54, 1.807) is 17.0 Å². The number of nitrogens with two attached hydrogens (primary N) is 1. The fourth-order valence-corrected chi connectivity index (χ4v) is 2.46. The molecule has 0 amide bonds. The Bertz CT molecular complexity index is 471. The average Bonchev–Trinajstić information content (AvgIpc) is 2.38. The Morgan fingerprint density at radius 3 is 2.40 bits per heavy atom. The van der Waals surface area contributed by atoms with Crippen LogP contribution in [0.5, 0.6) is 0 Å². The van der Waals surface area contributed by atoms with E-state index in [-0.39, 0.29) is 11.1 Å². The maximum absolute atomic E-state index is 12.7. The lowest BCUT2D eigenvalue weighted by Crippen LogP contribution is -2.44. The van der Waals surface area contributed by atoms with Gasteiger partial charge in [0.05, 0.1) is 0 Å². The number of rotatable bonds is 6. The summed E-state index contributed by atoms with van der Waals surface area (Å²) >= 11 is 0. The van der Waals surface area contributed by atoms with E-state index in [2.05, 4.69) is 23.7 Å². The molecule has 0 aliphatic heterocycles. The fraction of sp³-hybridized carbons (Fsp3) is 0.733. The molecule has 1 heterocycles. The van der Waals surface area contributed by atoms with E-state index in [0.29, 0.717) is 24.9 Å². The molecule has 1 aromatic rings. The van der Waals surface area contributed by atoms with Gasteiger partial charge in [-0.2, -0.15) is 0 Å². The smallest absolute Gasteiger partial charge is 0.293 e. The molecule has 0 aromatic carbocycles. The number of anilines is 1. The van der Waals surface area contributed by atoms with Crippen molar-refractivity contribution >= 4 is 5.82 Å². The molecule has 114 valence electrons. The van der Waals surface area contributed by atoms with Crippen molar-refractivity contribution < 1.29 is 0 Å². The molecule has 1 aromatic heterocycles. The first kappa shape index (κ1) is 16.7. The van der Waals surface area contributed by atoms with Gasteiger partial charge in [-0.05, 0) is 33.6 Å². The van der Waals surface area contributed by atoms with Gasteiger partial charge < -0.3 is 15.2 Å². The lowest BCUT2D eigenvalue weighted by Gasteiger charge is -2.32. The summed E-state index contributed by atoms with van der Waals surface area (Å²) < 4.78 is 1.74. The maximum Gasteiger partial charge on any atom is 0.293 e. The first-order valence-electron chi connectivity index (χ1n) is 7.41. The van der Waals surface area contributed by atoms with Crippen molar-refractivity contribution in [1.29, 1.82) is 0 Å². The van der Waals surface area contributed by atoms with Gasteiger partial charge in [0.1, 0.15) is 0 Å². The number of aromatic nitrogens is 2. The molecule has 0 aliphatic rings. The summed E-state index contributed by atoms with van der Waals surface area (Å²) in [6.45, 7) is 11.5. The van der Waals surface area contributed by atoms with Crippen molar-refractivity contribution in [2.45, 2.75) is 59.0 Å². The Morgan fingerprint density at radius 2 is 1.95 bits per heavy atom. The van der Waals surface area contributed by atoms with Crippen LogP contribution in [0.25, 0.3) is 0 Å². The van der Waals surface area contributed by atoms with Crippen LogP contribution in [0.3, 0.4) is 0 Å². The minimum atomic E-state index is -0.253. The van der Waals surface area contributed by atoms with Crippen LogP contribution in [0.1, 0.15) is 47.5 Å².